The Kier molecular flexibility index (Phi) is 6.20. The summed E-state index contributed by atoms with van der Waals surface area (Å²) in [5.41, 5.74) is 2.54. The van der Waals surface area contributed by atoms with E-state index in [0.717, 1.165) is 11.3 Å². The molecule has 4 heteroatoms. The largest absolute Gasteiger partial charge is 0.320 e. The Morgan fingerprint density at radius 3 is 2.67 bits per heavy atom. The summed E-state index contributed by atoms with van der Waals surface area (Å²) in [6.45, 7) is 9.86. The first-order valence-corrected chi connectivity index (χ1v) is 7.58. The number of hydrogen-bond donors (Lipinski definition) is 0. The standard InChI is InChI=1S/C20H20FN3/c1-4-7-18(8-5-2)24(15-16-10-12-17(21)13-11-16)20-19(22-3)9-6-14-23-20/h4-14H,1,3,15H2,2H3/b8-5-,18-7+. The third-order valence-electron chi connectivity index (χ3n) is 3.38. The van der Waals surface area contributed by atoms with Crippen LogP contribution in [-0.4, -0.2) is 11.7 Å². The Bertz CT molecular complexity index is 761. The Balaban J connectivity index is 2.51. The molecule has 1 aromatic heterocycles. The fraction of sp³-hybridized carbons (Fsp3) is 0.100. The summed E-state index contributed by atoms with van der Waals surface area (Å²) in [5, 5.41) is 0. The molecule has 0 bridgehead atoms. The van der Waals surface area contributed by atoms with Crippen molar-refractivity contribution in [3.8, 4) is 0 Å². The molecule has 1 heterocycles. The van der Waals surface area contributed by atoms with Gasteiger partial charge in [0.05, 0.1) is 0 Å². The first-order chi connectivity index (χ1) is 11.7. The van der Waals surface area contributed by atoms with Gasteiger partial charge in [0.15, 0.2) is 5.82 Å². The van der Waals surface area contributed by atoms with Crippen molar-refractivity contribution in [2.75, 3.05) is 4.90 Å². The molecule has 0 aliphatic heterocycles. The summed E-state index contributed by atoms with van der Waals surface area (Å²) in [7, 11) is 0. The van der Waals surface area contributed by atoms with E-state index in [1.807, 2.05) is 42.2 Å². The molecule has 0 N–H and O–H groups in total. The minimum absolute atomic E-state index is 0.258. The minimum Gasteiger partial charge on any atom is -0.320 e. The van der Waals surface area contributed by atoms with E-state index in [-0.39, 0.29) is 5.82 Å². The van der Waals surface area contributed by atoms with Crippen LogP contribution < -0.4 is 4.90 Å². The molecule has 0 spiro atoms. The van der Waals surface area contributed by atoms with Gasteiger partial charge in [-0.3, -0.25) is 4.99 Å². The molecular weight excluding hydrogens is 301 g/mol. The molecule has 2 aromatic rings. The van der Waals surface area contributed by atoms with Crippen LogP contribution in [0.3, 0.4) is 0 Å². The van der Waals surface area contributed by atoms with Crippen LogP contribution in [-0.2, 0) is 6.54 Å². The molecule has 0 unspecified atom stereocenters. The van der Waals surface area contributed by atoms with E-state index in [9.17, 15) is 4.39 Å². The number of benzene rings is 1. The van der Waals surface area contributed by atoms with E-state index < -0.39 is 0 Å². The number of allylic oxidation sites excluding steroid dienone is 4. The topological polar surface area (TPSA) is 28.5 Å². The van der Waals surface area contributed by atoms with Crippen LogP contribution in [0.25, 0.3) is 0 Å². The maximum absolute atomic E-state index is 13.2. The van der Waals surface area contributed by atoms with E-state index >= 15 is 0 Å². The molecule has 0 saturated heterocycles. The predicted octanol–water partition coefficient (Wildman–Crippen LogP) is 5.21. The van der Waals surface area contributed by atoms with Crippen molar-refractivity contribution in [3.63, 3.8) is 0 Å². The van der Waals surface area contributed by atoms with E-state index in [2.05, 4.69) is 23.3 Å². The normalized spacial score (nSPS) is 11.5. The fourth-order valence-electron chi connectivity index (χ4n) is 2.31. The van der Waals surface area contributed by atoms with Crippen LogP contribution in [0.15, 0.2) is 84.2 Å². The summed E-state index contributed by atoms with van der Waals surface area (Å²) >= 11 is 0. The summed E-state index contributed by atoms with van der Waals surface area (Å²) in [4.78, 5) is 10.5. The van der Waals surface area contributed by atoms with Crippen molar-refractivity contribution in [2.24, 2.45) is 4.99 Å². The molecular formula is C20H20FN3. The lowest BCUT2D eigenvalue weighted by Gasteiger charge is -2.26. The van der Waals surface area contributed by atoms with E-state index in [1.165, 1.54) is 12.1 Å². The van der Waals surface area contributed by atoms with Gasteiger partial charge in [0.1, 0.15) is 11.5 Å². The average molecular weight is 321 g/mol. The second kappa shape index (κ2) is 8.58. The van der Waals surface area contributed by atoms with Crippen LogP contribution in [0, 0.1) is 5.82 Å². The lowest BCUT2D eigenvalue weighted by molar-refractivity contribution is 0.627. The van der Waals surface area contributed by atoms with Crippen LogP contribution in [0.5, 0.6) is 0 Å². The molecule has 1 aromatic carbocycles. The molecule has 0 aliphatic rings. The van der Waals surface area contributed by atoms with Crippen molar-refractivity contribution >= 4 is 18.2 Å². The monoisotopic (exact) mass is 321 g/mol. The van der Waals surface area contributed by atoms with E-state index in [1.54, 1.807) is 24.4 Å². The molecule has 2 rings (SSSR count). The zero-order chi connectivity index (χ0) is 17.4. The van der Waals surface area contributed by atoms with E-state index in [0.29, 0.717) is 18.1 Å². The van der Waals surface area contributed by atoms with Gasteiger partial charge in [-0.2, -0.15) is 0 Å². The van der Waals surface area contributed by atoms with Crippen molar-refractivity contribution in [1.82, 2.24) is 4.98 Å². The zero-order valence-electron chi connectivity index (χ0n) is 13.7. The Hall–Kier alpha value is -3.01. The number of nitrogens with zero attached hydrogens (tertiary/aromatic N) is 3. The number of anilines is 1. The third kappa shape index (κ3) is 4.26. The van der Waals surface area contributed by atoms with Gasteiger partial charge < -0.3 is 4.90 Å². The summed E-state index contributed by atoms with van der Waals surface area (Å²) < 4.78 is 13.2. The SMILES string of the molecule is C=C/C=C(\C=C/C)N(Cc1ccc(F)cc1)c1ncccc1N=C. The van der Waals surface area contributed by atoms with Crippen molar-refractivity contribution in [3.05, 3.63) is 90.6 Å². The van der Waals surface area contributed by atoms with E-state index in [4.69, 9.17) is 0 Å². The summed E-state index contributed by atoms with van der Waals surface area (Å²) in [5.74, 6) is 0.426. The number of aliphatic imine (C=N–C) groups is 1. The number of aromatic nitrogens is 1. The van der Waals surface area contributed by atoms with Gasteiger partial charge >= 0.3 is 0 Å². The number of rotatable bonds is 7. The van der Waals surface area contributed by atoms with Crippen LogP contribution in [0.1, 0.15) is 12.5 Å². The van der Waals surface area contributed by atoms with Crippen molar-refractivity contribution in [2.45, 2.75) is 13.5 Å². The molecule has 0 saturated carbocycles. The molecule has 0 aliphatic carbocycles. The van der Waals surface area contributed by atoms with Gasteiger partial charge in [-0.15, -0.1) is 0 Å². The van der Waals surface area contributed by atoms with Crippen molar-refractivity contribution < 1.29 is 4.39 Å². The smallest absolute Gasteiger partial charge is 0.159 e. The van der Waals surface area contributed by atoms with Crippen LogP contribution in [0.4, 0.5) is 15.9 Å². The molecule has 0 amide bonds. The second-order valence-electron chi connectivity index (χ2n) is 5.04. The van der Waals surface area contributed by atoms with Gasteiger partial charge in [0.25, 0.3) is 0 Å². The molecule has 0 atom stereocenters. The Morgan fingerprint density at radius 1 is 1.29 bits per heavy atom. The number of halogens is 1. The highest BCUT2D eigenvalue weighted by Gasteiger charge is 2.15. The van der Waals surface area contributed by atoms with Crippen LogP contribution in [0.2, 0.25) is 0 Å². The molecule has 122 valence electrons. The van der Waals surface area contributed by atoms with Gasteiger partial charge in [-0.05, 0) is 55.6 Å². The van der Waals surface area contributed by atoms with Gasteiger partial charge in [-0.1, -0.05) is 30.9 Å². The summed E-state index contributed by atoms with van der Waals surface area (Å²) in [6.07, 6.45) is 9.23. The molecule has 0 fully saturated rings. The second-order valence-corrected chi connectivity index (χ2v) is 5.04. The Morgan fingerprint density at radius 2 is 2.04 bits per heavy atom. The Labute approximate surface area is 142 Å². The van der Waals surface area contributed by atoms with Gasteiger partial charge in [0.2, 0.25) is 0 Å². The maximum Gasteiger partial charge on any atom is 0.159 e. The highest BCUT2D eigenvalue weighted by molar-refractivity contribution is 5.68. The summed E-state index contributed by atoms with van der Waals surface area (Å²) in [6, 6.07) is 10.1. The fourth-order valence-corrected chi connectivity index (χ4v) is 2.31. The van der Waals surface area contributed by atoms with Gasteiger partial charge in [0, 0.05) is 18.4 Å². The molecule has 3 nitrogen and oxygen atoms in total. The van der Waals surface area contributed by atoms with Crippen LogP contribution >= 0.6 is 0 Å². The maximum atomic E-state index is 13.2. The van der Waals surface area contributed by atoms with Crippen molar-refractivity contribution in [1.29, 1.82) is 0 Å². The first kappa shape index (κ1) is 17.3. The lowest BCUT2D eigenvalue weighted by atomic mass is 10.1. The quantitative estimate of drug-likeness (QED) is 0.517. The number of pyridine rings is 1. The molecule has 0 radical (unpaired) electrons. The zero-order valence-corrected chi connectivity index (χ0v) is 13.7. The first-order valence-electron chi connectivity index (χ1n) is 7.58. The lowest BCUT2D eigenvalue weighted by Crippen LogP contribution is -2.22. The molecule has 24 heavy (non-hydrogen) atoms. The minimum atomic E-state index is -0.258. The predicted molar refractivity (Wildman–Crippen MR) is 99.1 cm³/mol. The average Bonchev–Trinajstić information content (AvgIpc) is 2.61. The third-order valence-corrected chi connectivity index (χ3v) is 3.38. The number of hydrogen-bond acceptors (Lipinski definition) is 3. The van der Waals surface area contributed by atoms with Gasteiger partial charge in [-0.25, -0.2) is 9.37 Å². The highest BCUT2D eigenvalue weighted by atomic mass is 19.1. The highest BCUT2D eigenvalue weighted by Crippen LogP contribution is 2.30.